The van der Waals surface area contributed by atoms with E-state index in [4.69, 9.17) is 5.73 Å². The average Bonchev–Trinajstić information content (AvgIpc) is 2.78. The minimum Gasteiger partial charge on any atom is -0.390 e. The van der Waals surface area contributed by atoms with Crippen LogP contribution in [0.15, 0.2) is 0 Å². The van der Waals surface area contributed by atoms with E-state index in [1.54, 1.807) is 0 Å². The van der Waals surface area contributed by atoms with Crippen molar-refractivity contribution in [2.45, 2.75) is 31.8 Å². The van der Waals surface area contributed by atoms with Crippen LogP contribution in [-0.2, 0) is 0 Å². The number of nitrogens with two attached hydrogens (primary N) is 1. The molecule has 2 bridgehead atoms. The van der Waals surface area contributed by atoms with E-state index in [0.29, 0.717) is 6.54 Å². The van der Waals surface area contributed by atoms with Crippen LogP contribution in [0.1, 0.15) is 25.7 Å². The first-order chi connectivity index (χ1) is 7.19. The standard InChI is InChI=1S/C12H24N2O/c1-14(8-12(15)6-13)7-11-5-9-2-3-10(11)4-9/h9-12,15H,2-8,13H2,1H3. The van der Waals surface area contributed by atoms with Gasteiger partial charge >= 0.3 is 0 Å². The molecule has 2 aliphatic carbocycles. The molecule has 3 N–H and O–H groups in total. The van der Waals surface area contributed by atoms with Crippen LogP contribution in [0, 0.1) is 17.8 Å². The maximum absolute atomic E-state index is 9.47. The third-order valence-electron chi connectivity index (χ3n) is 4.23. The first kappa shape index (κ1) is 11.4. The molecule has 3 heteroatoms. The van der Waals surface area contributed by atoms with Crippen LogP contribution in [0.25, 0.3) is 0 Å². The van der Waals surface area contributed by atoms with Gasteiger partial charge in [0.15, 0.2) is 0 Å². The van der Waals surface area contributed by atoms with Crippen LogP contribution >= 0.6 is 0 Å². The summed E-state index contributed by atoms with van der Waals surface area (Å²) in [7, 11) is 2.10. The first-order valence-electron chi connectivity index (χ1n) is 6.25. The lowest BCUT2D eigenvalue weighted by molar-refractivity contribution is 0.115. The highest BCUT2D eigenvalue weighted by molar-refractivity contribution is 4.91. The highest BCUT2D eigenvalue weighted by atomic mass is 16.3. The molecule has 0 aliphatic heterocycles. The molecule has 0 saturated heterocycles. The van der Waals surface area contributed by atoms with Gasteiger partial charge in [-0.25, -0.2) is 0 Å². The molecule has 3 nitrogen and oxygen atoms in total. The maximum atomic E-state index is 9.47. The van der Waals surface area contributed by atoms with Crippen molar-refractivity contribution in [1.82, 2.24) is 4.90 Å². The largest absolute Gasteiger partial charge is 0.390 e. The van der Waals surface area contributed by atoms with Crippen LogP contribution < -0.4 is 5.73 Å². The summed E-state index contributed by atoms with van der Waals surface area (Å²) in [6.07, 6.45) is 5.46. The SMILES string of the molecule is CN(CC(O)CN)CC1CC2CCC1C2. The van der Waals surface area contributed by atoms with Crippen molar-refractivity contribution in [3.8, 4) is 0 Å². The molecule has 0 radical (unpaired) electrons. The second-order valence-corrected chi connectivity index (χ2v) is 5.55. The van der Waals surface area contributed by atoms with Gasteiger partial charge in [-0.1, -0.05) is 6.42 Å². The molecular weight excluding hydrogens is 188 g/mol. The smallest absolute Gasteiger partial charge is 0.0788 e. The molecule has 15 heavy (non-hydrogen) atoms. The second kappa shape index (κ2) is 4.81. The molecule has 0 aromatic heterocycles. The normalized spacial score (nSPS) is 36.4. The Hall–Kier alpha value is -0.120. The average molecular weight is 212 g/mol. The Bertz CT molecular complexity index is 210. The summed E-state index contributed by atoms with van der Waals surface area (Å²) in [4.78, 5) is 2.25. The third-order valence-corrected chi connectivity index (χ3v) is 4.23. The number of fused-ring (bicyclic) bond motifs is 2. The summed E-state index contributed by atoms with van der Waals surface area (Å²) in [6, 6.07) is 0. The molecular formula is C12H24N2O. The van der Waals surface area contributed by atoms with Crippen molar-refractivity contribution in [3.05, 3.63) is 0 Å². The van der Waals surface area contributed by atoms with E-state index in [1.165, 1.54) is 25.7 Å². The molecule has 0 aromatic carbocycles. The molecule has 0 heterocycles. The third kappa shape index (κ3) is 2.71. The van der Waals surface area contributed by atoms with Crippen molar-refractivity contribution in [1.29, 1.82) is 0 Å². The number of aliphatic hydroxyl groups is 1. The zero-order valence-corrected chi connectivity index (χ0v) is 9.73. The van der Waals surface area contributed by atoms with Gasteiger partial charge in [0.2, 0.25) is 0 Å². The van der Waals surface area contributed by atoms with E-state index >= 15 is 0 Å². The van der Waals surface area contributed by atoms with Gasteiger partial charge in [0.1, 0.15) is 0 Å². The van der Waals surface area contributed by atoms with Crippen molar-refractivity contribution >= 4 is 0 Å². The van der Waals surface area contributed by atoms with E-state index in [9.17, 15) is 5.11 Å². The van der Waals surface area contributed by atoms with E-state index in [-0.39, 0.29) is 6.10 Å². The summed E-state index contributed by atoms with van der Waals surface area (Å²) < 4.78 is 0. The van der Waals surface area contributed by atoms with Crippen molar-refractivity contribution in [2.75, 3.05) is 26.7 Å². The van der Waals surface area contributed by atoms with Crippen LogP contribution in [0.2, 0.25) is 0 Å². The van der Waals surface area contributed by atoms with Gasteiger partial charge < -0.3 is 15.7 Å². The molecule has 0 spiro atoms. The molecule has 0 amide bonds. The van der Waals surface area contributed by atoms with Crippen LogP contribution in [0.5, 0.6) is 0 Å². The highest BCUT2D eigenvalue weighted by Crippen LogP contribution is 2.48. The van der Waals surface area contributed by atoms with Gasteiger partial charge in [0.05, 0.1) is 6.10 Å². The van der Waals surface area contributed by atoms with Gasteiger partial charge in [0, 0.05) is 19.6 Å². The fourth-order valence-electron chi connectivity index (χ4n) is 3.51. The Morgan fingerprint density at radius 3 is 2.73 bits per heavy atom. The number of rotatable bonds is 5. The number of aliphatic hydroxyl groups excluding tert-OH is 1. The summed E-state index contributed by atoms with van der Waals surface area (Å²) in [6.45, 7) is 2.25. The van der Waals surface area contributed by atoms with Gasteiger partial charge in [-0.05, 0) is 44.1 Å². The van der Waals surface area contributed by atoms with E-state index < -0.39 is 0 Å². The number of likely N-dealkylation sites (N-methyl/N-ethyl adjacent to an activating group) is 1. The topological polar surface area (TPSA) is 49.5 Å². The summed E-state index contributed by atoms with van der Waals surface area (Å²) >= 11 is 0. The molecule has 0 aromatic rings. The lowest BCUT2D eigenvalue weighted by atomic mass is 9.88. The quantitative estimate of drug-likeness (QED) is 0.704. The molecule has 2 fully saturated rings. The molecule has 2 saturated carbocycles. The van der Waals surface area contributed by atoms with E-state index in [1.807, 2.05) is 0 Å². The van der Waals surface area contributed by atoms with Crippen LogP contribution in [-0.4, -0.2) is 42.8 Å². The molecule has 88 valence electrons. The zero-order chi connectivity index (χ0) is 10.8. The first-order valence-corrected chi connectivity index (χ1v) is 6.25. The van der Waals surface area contributed by atoms with Crippen LogP contribution in [0.3, 0.4) is 0 Å². The predicted molar refractivity (Wildman–Crippen MR) is 61.5 cm³/mol. The Labute approximate surface area is 92.6 Å². The highest BCUT2D eigenvalue weighted by Gasteiger charge is 2.39. The Morgan fingerprint density at radius 1 is 1.40 bits per heavy atom. The molecule has 4 unspecified atom stereocenters. The molecule has 2 rings (SSSR count). The van der Waals surface area contributed by atoms with Crippen molar-refractivity contribution < 1.29 is 5.11 Å². The monoisotopic (exact) mass is 212 g/mol. The molecule has 2 aliphatic rings. The van der Waals surface area contributed by atoms with Crippen LogP contribution in [0.4, 0.5) is 0 Å². The summed E-state index contributed by atoms with van der Waals surface area (Å²) in [5.74, 6) is 2.89. The lowest BCUT2D eigenvalue weighted by Crippen LogP contribution is -2.37. The van der Waals surface area contributed by atoms with Gasteiger partial charge in [-0.15, -0.1) is 0 Å². The summed E-state index contributed by atoms with van der Waals surface area (Å²) in [5.41, 5.74) is 5.41. The van der Waals surface area contributed by atoms with Crippen molar-refractivity contribution in [3.63, 3.8) is 0 Å². The summed E-state index contributed by atoms with van der Waals surface area (Å²) in [5, 5.41) is 9.47. The maximum Gasteiger partial charge on any atom is 0.0788 e. The fraction of sp³-hybridized carbons (Fsp3) is 1.00. The van der Waals surface area contributed by atoms with Gasteiger partial charge in [0.25, 0.3) is 0 Å². The second-order valence-electron chi connectivity index (χ2n) is 5.55. The van der Waals surface area contributed by atoms with Crippen molar-refractivity contribution in [2.24, 2.45) is 23.5 Å². The van der Waals surface area contributed by atoms with E-state index in [2.05, 4.69) is 11.9 Å². The fourth-order valence-corrected chi connectivity index (χ4v) is 3.51. The Kier molecular flexibility index (Phi) is 3.65. The number of hydrogen-bond acceptors (Lipinski definition) is 3. The number of nitrogens with zero attached hydrogens (tertiary/aromatic N) is 1. The minimum atomic E-state index is -0.353. The van der Waals surface area contributed by atoms with E-state index in [0.717, 1.165) is 30.8 Å². The zero-order valence-electron chi connectivity index (χ0n) is 9.73. The van der Waals surface area contributed by atoms with Gasteiger partial charge in [-0.3, -0.25) is 0 Å². The predicted octanol–water partition coefficient (Wildman–Crippen LogP) is 0.674. The molecule has 4 atom stereocenters. The lowest BCUT2D eigenvalue weighted by Gasteiger charge is -2.28. The number of hydrogen-bond donors (Lipinski definition) is 2. The Morgan fingerprint density at radius 2 is 2.20 bits per heavy atom. The van der Waals surface area contributed by atoms with Gasteiger partial charge in [-0.2, -0.15) is 0 Å². The Balaban J connectivity index is 1.72. The minimum absolute atomic E-state index is 0.353.